The molecule has 0 amide bonds. The molecule has 0 aliphatic carbocycles. The van der Waals surface area contributed by atoms with Crippen LogP contribution in [-0.4, -0.2) is 23.0 Å². The summed E-state index contributed by atoms with van der Waals surface area (Å²) in [6, 6.07) is 1.93. The van der Waals surface area contributed by atoms with E-state index in [-0.39, 0.29) is 0 Å². The van der Waals surface area contributed by atoms with Crippen molar-refractivity contribution < 1.29 is 4.74 Å². The normalized spacial score (nSPS) is 10.7. The fourth-order valence-electron chi connectivity index (χ4n) is 0.982. The van der Waals surface area contributed by atoms with Crippen molar-refractivity contribution in [2.75, 3.05) is 13.2 Å². The maximum Gasteiger partial charge on any atom is 0.129 e. The Morgan fingerprint density at radius 1 is 1.54 bits per heavy atom. The number of rotatable bonds is 5. The predicted molar refractivity (Wildman–Crippen MR) is 58.7 cm³/mol. The molecule has 0 atom stereocenters. The van der Waals surface area contributed by atoms with Crippen LogP contribution in [0.4, 0.5) is 0 Å². The molecule has 0 bridgehead atoms. The molecular formula is C8H12Br2N2O. The summed E-state index contributed by atoms with van der Waals surface area (Å²) >= 11 is 6.73. The molecule has 1 aromatic rings. The molecule has 74 valence electrons. The van der Waals surface area contributed by atoms with Crippen LogP contribution in [0.3, 0.4) is 0 Å². The molecule has 0 saturated carbocycles. The largest absolute Gasteiger partial charge is 0.382 e. The van der Waals surface area contributed by atoms with E-state index in [1.165, 1.54) is 0 Å². The van der Waals surface area contributed by atoms with E-state index in [0.29, 0.717) is 0 Å². The van der Waals surface area contributed by atoms with Gasteiger partial charge in [0, 0.05) is 25.8 Å². The highest BCUT2D eigenvalue weighted by molar-refractivity contribution is 9.11. The summed E-state index contributed by atoms with van der Waals surface area (Å²) in [5.74, 6) is 0. The van der Waals surface area contributed by atoms with Gasteiger partial charge >= 0.3 is 0 Å². The molecule has 0 aliphatic rings. The van der Waals surface area contributed by atoms with E-state index < -0.39 is 0 Å². The van der Waals surface area contributed by atoms with Gasteiger partial charge in [0.05, 0.1) is 0 Å². The maximum absolute atomic E-state index is 5.23. The van der Waals surface area contributed by atoms with Gasteiger partial charge < -0.3 is 4.74 Å². The highest BCUT2D eigenvalue weighted by Crippen LogP contribution is 2.16. The van der Waals surface area contributed by atoms with E-state index in [1.807, 2.05) is 17.7 Å². The first-order valence-electron chi connectivity index (χ1n) is 4.20. The second-order valence-corrected chi connectivity index (χ2v) is 4.19. The number of halogens is 2. The van der Waals surface area contributed by atoms with Crippen molar-refractivity contribution in [3.8, 4) is 0 Å². The van der Waals surface area contributed by atoms with Gasteiger partial charge in [0.1, 0.15) is 9.21 Å². The predicted octanol–water partition coefficient (Wildman–Crippen LogP) is 2.83. The lowest BCUT2D eigenvalue weighted by Gasteiger charge is -2.02. The Kier molecular flexibility index (Phi) is 4.98. The topological polar surface area (TPSA) is 27.1 Å². The summed E-state index contributed by atoms with van der Waals surface area (Å²) < 4.78 is 8.99. The summed E-state index contributed by atoms with van der Waals surface area (Å²) in [5, 5.41) is 4.24. The van der Waals surface area contributed by atoms with E-state index in [0.717, 1.165) is 35.4 Å². The smallest absolute Gasteiger partial charge is 0.129 e. The molecule has 0 aliphatic heterocycles. The Balaban J connectivity index is 2.32. The number of ether oxygens (including phenoxy) is 1. The monoisotopic (exact) mass is 310 g/mol. The van der Waals surface area contributed by atoms with Gasteiger partial charge in [-0.1, -0.05) is 0 Å². The van der Waals surface area contributed by atoms with Gasteiger partial charge in [-0.05, 0) is 45.2 Å². The zero-order chi connectivity index (χ0) is 9.68. The van der Waals surface area contributed by atoms with Crippen LogP contribution in [0.15, 0.2) is 15.3 Å². The zero-order valence-corrected chi connectivity index (χ0v) is 10.6. The standard InChI is InChI=1S/C8H12Br2N2O/c1-2-13-5-3-4-12-8(10)6-7(9)11-12/h6H,2-5H2,1H3. The number of nitrogens with zero attached hydrogens (tertiary/aromatic N) is 2. The molecule has 0 unspecified atom stereocenters. The second-order valence-electron chi connectivity index (χ2n) is 2.56. The Labute approximate surface area is 94.7 Å². The average molecular weight is 312 g/mol. The number of hydrogen-bond acceptors (Lipinski definition) is 2. The average Bonchev–Trinajstić information content (AvgIpc) is 2.39. The van der Waals surface area contributed by atoms with Gasteiger partial charge in [0.2, 0.25) is 0 Å². The highest BCUT2D eigenvalue weighted by atomic mass is 79.9. The molecule has 0 radical (unpaired) electrons. The minimum Gasteiger partial charge on any atom is -0.382 e. The van der Waals surface area contributed by atoms with Crippen molar-refractivity contribution in [3.05, 3.63) is 15.3 Å². The lowest BCUT2D eigenvalue weighted by Crippen LogP contribution is -2.04. The third-order valence-electron chi connectivity index (χ3n) is 1.56. The maximum atomic E-state index is 5.23. The second kappa shape index (κ2) is 5.78. The van der Waals surface area contributed by atoms with Crippen molar-refractivity contribution in [2.45, 2.75) is 19.9 Å². The van der Waals surface area contributed by atoms with Crippen molar-refractivity contribution >= 4 is 31.9 Å². The SMILES string of the molecule is CCOCCCn1nc(Br)cc1Br. The Hall–Kier alpha value is 0.130. The van der Waals surface area contributed by atoms with Crippen molar-refractivity contribution in [1.82, 2.24) is 9.78 Å². The van der Waals surface area contributed by atoms with Crippen molar-refractivity contribution in [1.29, 1.82) is 0 Å². The third-order valence-corrected chi connectivity index (χ3v) is 2.59. The van der Waals surface area contributed by atoms with Crippen molar-refractivity contribution in [2.24, 2.45) is 0 Å². The molecule has 1 rings (SSSR count). The molecule has 3 nitrogen and oxygen atoms in total. The molecule has 0 aromatic carbocycles. The van der Waals surface area contributed by atoms with E-state index >= 15 is 0 Å². The molecule has 0 fully saturated rings. The van der Waals surface area contributed by atoms with Gasteiger partial charge in [0.25, 0.3) is 0 Å². The van der Waals surface area contributed by atoms with Gasteiger partial charge in [0.15, 0.2) is 0 Å². The Morgan fingerprint density at radius 3 is 2.85 bits per heavy atom. The fourth-order valence-corrected chi connectivity index (χ4v) is 2.17. The molecule has 5 heteroatoms. The van der Waals surface area contributed by atoms with Crippen LogP contribution in [0.5, 0.6) is 0 Å². The Morgan fingerprint density at radius 2 is 2.31 bits per heavy atom. The quantitative estimate of drug-likeness (QED) is 0.782. The Bertz CT molecular complexity index is 263. The molecule has 1 aromatic heterocycles. The van der Waals surface area contributed by atoms with Crippen LogP contribution in [-0.2, 0) is 11.3 Å². The van der Waals surface area contributed by atoms with Gasteiger partial charge in [-0.3, -0.25) is 4.68 Å². The lowest BCUT2D eigenvalue weighted by atomic mass is 10.4. The van der Waals surface area contributed by atoms with Crippen LogP contribution < -0.4 is 0 Å². The molecule has 13 heavy (non-hydrogen) atoms. The van der Waals surface area contributed by atoms with Gasteiger partial charge in [-0.15, -0.1) is 0 Å². The van der Waals surface area contributed by atoms with Crippen LogP contribution in [0.1, 0.15) is 13.3 Å². The third kappa shape index (κ3) is 3.79. The first kappa shape index (κ1) is 11.2. The molecule has 0 N–H and O–H groups in total. The first-order valence-corrected chi connectivity index (χ1v) is 5.79. The van der Waals surface area contributed by atoms with E-state index in [4.69, 9.17) is 4.74 Å². The summed E-state index contributed by atoms with van der Waals surface area (Å²) in [6.45, 7) is 4.46. The number of aryl methyl sites for hydroxylation is 1. The first-order chi connectivity index (χ1) is 6.24. The minimum absolute atomic E-state index is 0.782. The van der Waals surface area contributed by atoms with Crippen LogP contribution in [0.25, 0.3) is 0 Å². The number of hydrogen-bond donors (Lipinski definition) is 0. The molecule has 0 spiro atoms. The summed E-state index contributed by atoms with van der Waals surface area (Å²) in [7, 11) is 0. The molecule has 1 heterocycles. The van der Waals surface area contributed by atoms with E-state index in [2.05, 4.69) is 37.0 Å². The van der Waals surface area contributed by atoms with Crippen LogP contribution in [0, 0.1) is 0 Å². The zero-order valence-electron chi connectivity index (χ0n) is 7.46. The summed E-state index contributed by atoms with van der Waals surface area (Å²) in [5.41, 5.74) is 0. The fraction of sp³-hybridized carbons (Fsp3) is 0.625. The van der Waals surface area contributed by atoms with Gasteiger partial charge in [-0.2, -0.15) is 5.10 Å². The minimum atomic E-state index is 0.782. The van der Waals surface area contributed by atoms with E-state index in [1.54, 1.807) is 0 Å². The van der Waals surface area contributed by atoms with E-state index in [9.17, 15) is 0 Å². The lowest BCUT2D eigenvalue weighted by molar-refractivity contribution is 0.140. The molecular weight excluding hydrogens is 300 g/mol. The number of aromatic nitrogens is 2. The summed E-state index contributed by atoms with van der Waals surface area (Å²) in [4.78, 5) is 0. The van der Waals surface area contributed by atoms with Crippen LogP contribution in [0.2, 0.25) is 0 Å². The molecule has 0 saturated heterocycles. The van der Waals surface area contributed by atoms with Crippen LogP contribution >= 0.6 is 31.9 Å². The highest BCUT2D eigenvalue weighted by Gasteiger charge is 2.01. The van der Waals surface area contributed by atoms with Crippen molar-refractivity contribution in [3.63, 3.8) is 0 Å². The van der Waals surface area contributed by atoms with Gasteiger partial charge in [-0.25, -0.2) is 0 Å². The summed E-state index contributed by atoms with van der Waals surface area (Å²) in [6.07, 6.45) is 0.987.